The Morgan fingerprint density at radius 1 is 1.27 bits per heavy atom. The first-order valence-electron chi connectivity index (χ1n) is 4.95. The second kappa shape index (κ2) is 3.82. The number of methoxy groups -OCH3 is 2. The summed E-state index contributed by atoms with van der Waals surface area (Å²) in [7, 11) is 3.29. The van der Waals surface area contributed by atoms with Crippen LogP contribution in [0, 0.1) is 11.3 Å². The minimum absolute atomic E-state index is 0.0509. The molecule has 0 radical (unpaired) electrons. The fraction of sp³-hybridized carbons (Fsp3) is 0.417. The fourth-order valence-electron chi connectivity index (χ4n) is 2.19. The standard InChI is InChI=1S/C12H13NO2/c1-14-10-5-6-11(15-2)12-8(7-13)3-4-9(10)12/h5-6,8H,3-4H2,1-2H3. The van der Waals surface area contributed by atoms with Gasteiger partial charge in [-0.25, -0.2) is 0 Å². The highest BCUT2D eigenvalue weighted by molar-refractivity contribution is 5.54. The SMILES string of the molecule is COc1ccc(OC)c2c1CCC2C#N. The summed E-state index contributed by atoms with van der Waals surface area (Å²) in [5, 5.41) is 9.05. The van der Waals surface area contributed by atoms with E-state index in [1.165, 1.54) is 0 Å². The van der Waals surface area contributed by atoms with E-state index in [0.717, 1.165) is 35.5 Å². The molecule has 0 saturated heterocycles. The van der Waals surface area contributed by atoms with E-state index in [9.17, 15) is 0 Å². The quantitative estimate of drug-likeness (QED) is 0.740. The summed E-state index contributed by atoms with van der Waals surface area (Å²) in [4.78, 5) is 0. The monoisotopic (exact) mass is 203 g/mol. The Labute approximate surface area is 89.2 Å². The Morgan fingerprint density at radius 2 is 1.93 bits per heavy atom. The second-order valence-corrected chi connectivity index (χ2v) is 3.58. The van der Waals surface area contributed by atoms with Crippen LogP contribution >= 0.6 is 0 Å². The van der Waals surface area contributed by atoms with Gasteiger partial charge in [0.15, 0.2) is 0 Å². The maximum Gasteiger partial charge on any atom is 0.123 e. The zero-order chi connectivity index (χ0) is 10.8. The van der Waals surface area contributed by atoms with Gasteiger partial charge in [-0.15, -0.1) is 0 Å². The molecule has 0 bridgehead atoms. The van der Waals surface area contributed by atoms with Crippen LogP contribution in [-0.4, -0.2) is 14.2 Å². The summed E-state index contributed by atoms with van der Waals surface area (Å²) in [6, 6.07) is 6.08. The van der Waals surface area contributed by atoms with Crippen molar-refractivity contribution in [3.8, 4) is 17.6 Å². The molecule has 0 amide bonds. The minimum Gasteiger partial charge on any atom is -0.496 e. The normalized spacial score (nSPS) is 18.1. The fourth-order valence-corrected chi connectivity index (χ4v) is 2.19. The number of hydrogen-bond acceptors (Lipinski definition) is 3. The molecule has 1 aromatic carbocycles. The van der Waals surface area contributed by atoms with Crippen LogP contribution in [-0.2, 0) is 6.42 Å². The number of nitrogens with zero attached hydrogens (tertiary/aromatic N) is 1. The first-order valence-corrected chi connectivity index (χ1v) is 4.95. The van der Waals surface area contributed by atoms with E-state index in [4.69, 9.17) is 14.7 Å². The molecular formula is C12H13NO2. The molecule has 0 N–H and O–H groups in total. The van der Waals surface area contributed by atoms with Gasteiger partial charge in [-0.2, -0.15) is 5.26 Å². The molecule has 1 unspecified atom stereocenters. The van der Waals surface area contributed by atoms with Crippen molar-refractivity contribution in [3.63, 3.8) is 0 Å². The molecule has 3 heteroatoms. The third kappa shape index (κ3) is 1.42. The molecule has 0 aromatic heterocycles. The molecular weight excluding hydrogens is 190 g/mol. The predicted octanol–water partition coefficient (Wildman–Crippen LogP) is 2.26. The number of fused-ring (bicyclic) bond motifs is 1. The van der Waals surface area contributed by atoms with Gasteiger partial charge >= 0.3 is 0 Å². The zero-order valence-corrected chi connectivity index (χ0v) is 8.91. The van der Waals surface area contributed by atoms with Gasteiger partial charge in [0.25, 0.3) is 0 Å². The summed E-state index contributed by atoms with van der Waals surface area (Å²) in [6.07, 6.45) is 1.76. The van der Waals surface area contributed by atoms with Crippen molar-refractivity contribution in [2.75, 3.05) is 14.2 Å². The van der Waals surface area contributed by atoms with Crippen molar-refractivity contribution in [2.45, 2.75) is 18.8 Å². The average Bonchev–Trinajstić information content (AvgIpc) is 2.71. The summed E-state index contributed by atoms with van der Waals surface area (Å²) >= 11 is 0. The number of nitriles is 1. The summed E-state index contributed by atoms with van der Waals surface area (Å²) in [5.41, 5.74) is 2.14. The van der Waals surface area contributed by atoms with Crippen molar-refractivity contribution in [1.29, 1.82) is 5.26 Å². The molecule has 0 spiro atoms. The number of benzene rings is 1. The number of hydrogen-bond donors (Lipinski definition) is 0. The topological polar surface area (TPSA) is 42.2 Å². The molecule has 1 aliphatic rings. The lowest BCUT2D eigenvalue weighted by Gasteiger charge is -2.12. The Balaban J connectivity index is 2.59. The molecule has 1 aliphatic carbocycles. The minimum atomic E-state index is -0.0509. The lowest BCUT2D eigenvalue weighted by molar-refractivity contribution is 0.397. The lowest BCUT2D eigenvalue weighted by Crippen LogP contribution is -1.97. The van der Waals surface area contributed by atoms with Crippen molar-refractivity contribution in [3.05, 3.63) is 23.3 Å². The van der Waals surface area contributed by atoms with Crippen molar-refractivity contribution >= 4 is 0 Å². The third-order valence-corrected chi connectivity index (χ3v) is 2.90. The van der Waals surface area contributed by atoms with Crippen molar-refractivity contribution < 1.29 is 9.47 Å². The van der Waals surface area contributed by atoms with Gasteiger partial charge < -0.3 is 9.47 Å². The van der Waals surface area contributed by atoms with Crippen LogP contribution < -0.4 is 9.47 Å². The van der Waals surface area contributed by atoms with Gasteiger partial charge in [0.1, 0.15) is 11.5 Å². The number of ether oxygens (including phenoxy) is 2. The molecule has 0 aliphatic heterocycles. The van der Waals surface area contributed by atoms with Gasteiger partial charge in [-0.3, -0.25) is 0 Å². The molecule has 0 fully saturated rings. The lowest BCUT2D eigenvalue weighted by atomic mass is 10.0. The van der Waals surface area contributed by atoms with Crippen LogP contribution in [0.5, 0.6) is 11.5 Å². The maximum absolute atomic E-state index is 9.05. The van der Waals surface area contributed by atoms with Gasteiger partial charge in [-0.05, 0) is 25.0 Å². The van der Waals surface area contributed by atoms with Gasteiger partial charge in [0.05, 0.1) is 26.2 Å². The molecule has 0 saturated carbocycles. The van der Waals surface area contributed by atoms with Gasteiger partial charge in [-0.1, -0.05) is 0 Å². The van der Waals surface area contributed by atoms with Crippen LogP contribution in [0.3, 0.4) is 0 Å². The molecule has 1 atom stereocenters. The third-order valence-electron chi connectivity index (χ3n) is 2.90. The highest BCUT2D eigenvalue weighted by Crippen LogP contribution is 2.43. The molecule has 78 valence electrons. The second-order valence-electron chi connectivity index (χ2n) is 3.58. The average molecular weight is 203 g/mol. The molecule has 15 heavy (non-hydrogen) atoms. The smallest absolute Gasteiger partial charge is 0.123 e. The van der Waals surface area contributed by atoms with Crippen molar-refractivity contribution in [1.82, 2.24) is 0 Å². The van der Waals surface area contributed by atoms with Gasteiger partial charge in [0, 0.05) is 11.1 Å². The van der Waals surface area contributed by atoms with Crippen LogP contribution in [0.25, 0.3) is 0 Å². The van der Waals surface area contributed by atoms with Crippen LogP contribution in [0.2, 0.25) is 0 Å². The van der Waals surface area contributed by atoms with E-state index in [1.807, 2.05) is 12.1 Å². The maximum atomic E-state index is 9.05. The molecule has 1 aromatic rings. The van der Waals surface area contributed by atoms with Gasteiger partial charge in [0.2, 0.25) is 0 Å². The van der Waals surface area contributed by atoms with E-state index < -0.39 is 0 Å². The van der Waals surface area contributed by atoms with E-state index in [-0.39, 0.29) is 5.92 Å². The van der Waals surface area contributed by atoms with E-state index >= 15 is 0 Å². The summed E-state index contributed by atoms with van der Waals surface area (Å²) < 4.78 is 10.6. The van der Waals surface area contributed by atoms with Crippen molar-refractivity contribution in [2.24, 2.45) is 0 Å². The molecule has 3 nitrogen and oxygen atoms in total. The van der Waals surface area contributed by atoms with E-state index in [0.29, 0.717) is 0 Å². The van der Waals surface area contributed by atoms with E-state index in [1.54, 1.807) is 14.2 Å². The largest absolute Gasteiger partial charge is 0.496 e. The molecule has 0 heterocycles. The Morgan fingerprint density at radius 3 is 2.53 bits per heavy atom. The van der Waals surface area contributed by atoms with Crippen LogP contribution in [0.4, 0.5) is 0 Å². The number of rotatable bonds is 2. The zero-order valence-electron chi connectivity index (χ0n) is 8.91. The summed E-state index contributed by atoms with van der Waals surface area (Å²) in [6.45, 7) is 0. The molecule has 2 rings (SSSR count). The first kappa shape index (κ1) is 9.85. The Hall–Kier alpha value is -1.69. The predicted molar refractivity (Wildman–Crippen MR) is 56.2 cm³/mol. The summed E-state index contributed by atoms with van der Waals surface area (Å²) in [5.74, 6) is 1.61. The van der Waals surface area contributed by atoms with Crippen LogP contribution in [0.15, 0.2) is 12.1 Å². The highest BCUT2D eigenvalue weighted by atomic mass is 16.5. The van der Waals surface area contributed by atoms with Crippen LogP contribution in [0.1, 0.15) is 23.5 Å². The Kier molecular flexibility index (Phi) is 2.51. The Bertz CT molecular complexity index is 420. The highest BCUT2D eigenvalue weighted by Gasteiger charge is 2.28. The first-order chi connectivity index (χ1) is 7.31. The van der Waals surface area contributed by atoms with E-state index in [2.05, 4.69) is 6.07 Å².